The molecule has 0 saturated carbocycles. The van der Waals surface area contributed by atoms with Crippen LogP contribution in [-0.2, 0) is 14.5 Å². The van der Waals surface area contributed by atoms with Gasteiger partial charge in [-0.2, -0.15) is 4.89 Å². The average Bonchev–Trinajstić information content (AvgIpc) is 2.50. The first-order valence-corrected chi connectivity index (χ1v) is 8.43. The van der Waals surface area contributed by atoms with Crippen LogP contribution in [0.3, 0.4) is 0 Å². The van der Waals surface area contributed by atoms with E-state index in [1.807, 2.05) is 53.7 Å². The zero-order valence-corrected chi connectivity index (χ0v) is 16.2. The highest BCUT2D eigenvalue weighted by Gasteiger charge is 2.20. The van der Waals surface area contributed by atoms with E-state index in [4.69, 9.17) is 19.2 Å². The standard InChI is InChI=1S/C21H26O5/c1-14(25-26-21(5,6)7)23-16-11-12-17-15(13-16)9-8-10-18(17)19(22)24-20(2,3)4/h8-13H,1H2,2-7H3. The summed E-state index contributed by atoms with van der Waals surface area (Å²) < 4.78 is 11.0. The molecule has 0 aromatic heterocycles. The van der Waals surface area contributed by atoms with Crippen molar-refractivity contribution < 1.29 is 24.0 Å². The summed E-state index contributed by atoms with van der Waals surface area (Å²) in [6.45, 7) is 14.8. The third-order valence-corrected chi connectivity index (χ3v) is 3.09. The largest absolute Gasteiger partial charge is 0.456 e. The Kier molecular flexibility index (Phi) is 5.62. The number of carbonyl (C=O) groups excluding carboxylic acids is 1. The molecule has 140 valence electrons. The molecule has 2 rings (SSSR count). The van der Waals surface area contributed by atoms with E-state index in [9.17, 15) is 4.79 Å². The first-order chi connectivity index (χ1) is 11.9. The fraction of sp³-hybridized carbons (Fsp3) is 0.381. The van der Waals surface area contributed by atoms with Crippen LogP contribution in [0.1, 0.15) is 51.9 Å². The predicted octanol–water partition coefficient (Wildman–Crippen LogP) is 5.39. The van der Waals surface area contributed by atoms with Crippen molar-refractivity contribution >= 4 is 16.7 Å². The summed E-state index contributed by atoms with van der Waals surface area (Å²) >= 11 is 0. The van der Waals surface area contributed by atoms with Gasteiger partial charge < -0.3 is 9.47 Å². The molecule has 0 radical (unpaired) electrons. The lowest BCUT2D eigenvalue weighted by Crippen LogP contribution is -2.24. The van der Waals surface area contributed by atoms with Gasteiger partial charge in [-0.15, -0.1) is 0 Å². The van der Waals surface area contributed by atoms with Crippen LogP contribution in [0.5, 0.6) is 5.75 Å². The van der Waals surface area contributed by atoms with Crippen molar-refractivity contribution in [1.29, 1.82) is 0 Å². The maximum atomic E-state index is 12.4. The molecule has 0 fully saturated rings. The summed E-state index contributed by atoms with van der Waals surface area (Å²) in [4.78, 5) is 22.6. The molecule has 0 unspecified atom stereocenters. The highest BCUT2D eigenvalue weighted by atomic mass is 17.2. The Morgan fingerprint density at radius 1 is 0.962 bits per heavy atom. The molecular weight excluding hydrogens is 332 g/mol. The van der Waals surface area contributed by atoms with E-state index in [0.29, 0.717) is 11.3 Å². The molecule has 26 heavy (non-hydrogen) atoms. The molecule has 5 heteroatoms. The summed E-state index contributed by atoms with van der Waals surface area (Å²) in [5, 5.41) is 1.63. The van der Waals surface area contributed by atoms with Gasteiger partial charge in [0, 0.05) is 0 Å². The van der Waals surface area contributed by atoms with Crippen molar-refractivity contribution in [2.24, 2.45) is 0 Å². The van der Waals surface area contributed by atoms with Crippen molar-refractivity contribution in [2.45, 2.75) is 52.7 Å². The lowest BCUT2D eigenvalue weighted by molar-refractivity contribution is -0.337. The van der Waals surface area contributed by atoms with Gasteiger partial charge in [0.05, 0.1) is 5.56 Å². The highest BCUT2D eigenvalue weighted by Crippen LogP contribution is 2.26. The Hall–Kier alpha value is -2.53. The Morgan fingerprint density at radius 3 is 2.27 bits per heavy atom. The van der Waals surface area contributed by atoms with E-state index in [1.54, 1.807) is 24.3 Å². The van der Waals surface area contributed by atoms with Gasteiger partial charge in [-0.3, -0.25) is 4.89 Å². The van der Waals surface area contributed by atoms with E-state index in [-0.39, 0.29) is 11.9 Å². The molecule has 0 bridgehead atoms. The maximum absolute atomic E-state index is 12.4. The third kappa shape index (κ3) is 5.77. The molecule has 0 aliphatic carbocycles. The minimum absolute atomic E-state index is 0.0302. The molecular formula is C21H26O5. The Morgan fingerprint density at radius 2 is 1.65 bits per heavy atom. The minimum atomic E-state index is -0.551. The molecule has 0 saturated heterocycles. The van der Waals surface area contributed by atoms with E-state index in [2.05, 4.69) is 6.58 Å². The van der Waals surface area contributed by atoms with Crippen LogP contribution in [0.15, 0.2) is 48.9 Å². The lowest BCUT2D eigenvalue weighted by atomic mass is 10.0. The Balaban J connectivity index is 2.19. The number of benzene rings is 2. The van der Waals surface area contributed by atoms with Gasteiger partial charge in [-0.25, -0.2) is 4.79 Å². The number of hydrogen-bond acceptors (Lipinski definition) is 5. The number of hydrogen-bond donors (Lipinski definition) is 0. The topological polar surface area (TPSA) is 54.0 Å². The second-order valence-corrected chi connectivity index (χ2v) is 7.94. The van der Waals surface area contributed by atoms with E-state index < -0.39 is 11.2 Å². The summed E-state index contributed by atoms with van der Waals surface area (Å²) in [5.74, 6) is 0.201. The Bertz CT molecular complexity index is 809. The molecule has 0 aliphatic rings. The molecule has 0 N–H and O–H groups in total. The molecule has 5 nitrogen and oxygen atoms in total. The van der Waals surface area contributed by atoms with Crippen molar-refractivity contribution in [1.82, 2.24) is 0 Å². The summed E-state index contributed by atoms with van der Waals surface area (Å²) in [6, 6.07) is 10.8. The average molecular weight is 358 g/mol. The van der Waals surface area contributed by atoms with Crippen LogP contribution < -0.4 is 4.74 Å². The molecule has 2 aromatic carbocycles. The van der Waals surface area contributed by atoms with Gasteiger partial charge in [0.15, 0.2) is 0 Å². The highest BCUT2D eigenvalue weighted by molar-refractivity contribution is 6.04. The van der Waals surface area contributed by atoms with Crippen molar-refractivity contribution in [2.75, 3.05) is 0 Å². The van der Waals surface area contributed by atoms with Gasteiger partial charge in [-0.1, -0.05) is 12.1 Å². The SMILES string of the molecule is C=C(OOC(C)(C)C)Oc1ccc2c(C(=O)OC(C)(C)C)cccc2c1. The van der Waals surface area contributed by atoms with Crippen LogP contribution >= 0.6 is 0 Å². The van der Waals surface area contributed by atoms with Crippen molar-refractivity contribution in [3.63, 3.8) is 0 Å². The lowest BCUT2D eigenvalue weighted by Gasteiger charge is -2.20. The molecule has 0 amide bonds. The van der Waals surface area contributed by atoms with Crippen LogP contribution in [0, 0.1) is 0 Å². The molecule has 0 heterocycles. The van der Waals surface area contributed by atoms with Crippen LogP contribution in [0.25, 0.3) is 10.8 Å². The second-order valence-electron chi connectivity index (χ2n) is 7.94. The smallest absolute Gasteiger partial charge is 0.339 e. The van der Waals surface area contributed by atoms with Crippen molar-refractivity contribution in [3.8, 4) is 5.75 Å². The predicted molar refractivity (Wildman–Crippen MR) is 101 cm³/mol. The van der Waals surface area contributed by atoms with Crippen LogP contribution in [0.2, 0.25) is 0 Å². The molecule has 0 aliphatic heterocycles. The Labute approximate surface area is 154 Å². The third-order valence-electron chi connectivity index (χ3n) is 3.09. The van der Waals surface area contributed by atoms with Crippen molar-refractivity contribution in [3.05, 3.63) is 54.5 Å². The van der Waals surface area contributed by atoms with Gasteiger partial charge in [0.2, 0.25) is 0 Å². The van der Waals surface area contributed by atoms with Gasteiger partial charge in [-0.05, 0) is 83.2 Å². The fourth-order valence-corrected chi connectivity index (χ4v) is 2.16. The zero-order chi connectivity index (χ0) is 19.5. The maximum Gasteiger partial charge on any atom is 0.339 e. The molecule has 0 atom stereocenters. The monoisotopic (exact) mass is 358 g/mol. The van der Waals surface area contributed by atoms with Gasteiger partial charge >= 0.3 is 11.9 Å². The second kappa shape index (κ2) is 7.38. The van der Waals surface area contributed by atoms with Gasteiger partial charge in [0.1, 0.15) is 17.0 Å². The zero-order valence-electron chi connectivity index (χ0n) is 16.2. The number of esters is 1. The quantitative estimate of drug-likeness (QED) is 0.310. The minimum Gasteiger partial charge on any atom is -0.456 e. The number of carbonyl (C=O) groups is 1. The first kappa shape index (κ1) is 19.8. The van der Waals surface area contributed by atoms with E-state index >= 15 is 0 Å². The summed E-state index contributed by atoms with van der Waals surface area (Å²) in [7, 11) is 0. The number of fused-ring (bicyclic) bond motifs is 1. The fourth-order valence-electron chi connectivity index (χ4n) is 2.16. The van der Waals surface area contributed by atoms with E-state index in [1.165, 1.54) is 0 Å². The number of ether oxygens (including phenoxy) is 2. The summed E-state index contributed by atoms with van der Waals surface area (Å²) in [6.07, 6.45) is 0. The molecule has 0 spiro atoms. The first-order valence-electron chi connectivity index (χ1n) is 8.43. The molecule has 2 aromatic rings. The summed E-state index contributed by atoms with van der Waals surface area (Å²) in [5.41, 5.74) is -0.516. The van der Waals surface area contributed by atoms with Crippen LogP contribution in [0.4, 0.5) is 0 Å². The normalized spacial score (nSPS) is 11.9. The van der Waals surface area contributed by atoms with Gasteiger partial charge in [0.25, 0.3) is 0 Å². The van der Waals surface area contributed by atoms with Crippen LogP contribution in [-0.4, -0.2) is 17.2 Å². The van der Waals surface area contributed by atoms with E-state index in [0.717, 1.165) is 10.8 Å². The number of rotatable bonds is 5.